The third kappa shape index (κ3) is 3.22. The van der Waals surface area contributed by atoms with Crippen LogP contribution >= 0.6 is 0 Å². The first-order valence-corrected chi connectivity index (χ1v) is 8.05. The Morgan fingerprint density at radius 3 is 2.80 bits per heavy atom. The van der Waals surface area contributed by atoms with Gasteiger partial charge in [0.15, 0.2) is 0 Å². The van der Waals surface area contributed by atoms with Crippen LogP contribution in [-0.2, 0) is 27.7 Å². The zero-order valence-electron chi connectivity index (χ0n) is 11.5. The smallest absolute Gasteiger partial charge is 0.409 e. The van der Waals surface area contributed by atoms with Gasteiger partial charge in [-0.2, -0.15) is 0 Å². The van der Waals surface area contributed by atoms with Crippen LogP contribution in [0.15, 0.2) is 18.2 Å². The van der Waals surface area contributed by atoms with E-state index < -0.39 is 10.0 Å². The number of carbonyl (C=O) groups is 1. The summed E-state index contributed by atoms with van der Waals surface area (Å²) in [6.45, 7) is 2.63. The van der Waals surface area contributed by atoms with Crippen molar-refractivity contribution in [1.82, 2.24) is 4.90 Å². The van der Waals surface area contributed by atoms with Gasteiger partial charge >= 0.3 is 6.09 Å². The van der Waals surface area contributed by atoms with Crippen molar-refractivity contribution in [2.24, 2.45) is 0 Å². The highest BCUT2D eigenvalue weighted by Crippen LogP contribution is 2.23. The fourth-order valence-electron chi connectivity index (χ4n) is 2.16. The zero-order valence-corrected chi connectivity index (χ0v) is 12.4. The monoisotopic (exact) mass is 298 g/mol. The summed E-state index contributed by atoms with van der Waals surface area (Å²) < 4.78 is 30.3. The molecular weight excluding hydrogens is 280 g/mol. The van der Waals surface area contributed by atoms with Gasteiger partial charge in [-0.25, -0.2) is 13.2 Å². The van der Waals surface area contributed by atoms with E-state index in [4.69, 9.17) is 4.74 Å². The minimum atomic E-state index is -3.29. The van der Waals surface area contributed by atoms with Crippen LogP contribution in [0.3, 0.4) is 0 Å². The lowest BCUT2D eigenvalue weighted by atomic mass is 9.99. The molecule has 0 bridgehead atoms. The van der Waals surface area contributed by atoms with Crippen LogP contribution < -0.4 is 4.72 Å². The Bertz CT molecular complexity index is 613. The lowest BCUT2D eigenvalue weighted by Gasteiger charge is -2.28. The normalized spacial score (nSPS) is 14.6. The summed E-state index contributed by atoms with van der Waals surface area (Å²) in [6.07, 6.45) is 0.376. The second-order valence-electron chi connectivity index (χ2n) is 4.63. The highest BCUT2D eigenvalue weighted by atomic mass is 32.2. The molecule has 0 fully saturated rings. The van der Waals surface area contributed by atoms with Crippen molar-refractivity contribution in [2.75, 3.05) is 24.1 Å². The van der Waals surface area contributed by atoms with Crippen LogP contribution in [0.1, 0.15) is 18.1 Å². The van der Waals surface area contributed by atoms with E-state index in [9.17, 15) is 13.2 Å². The minimum Gasteiger partial charge on any atom is -0.453 e. The maximum absolute atomic E-state index is 11.6. The molecule has 0 aromatic heterocycles. The van der Waals surface area contributed by atoms with Crippen LogP contribution in [0.4, 0.5) is 10.5 Å². The molecule has 1 aliphatic heterocycles. The number of amides is 1. The number of ether oxygens (including phenoxy) is 1. The number of fused-ring (bicyclic) bond motifs is 1. The van der Waals surface area contributed by atoms with Crippen molar-refractivity contribution in [1.29, 1.82) is 0 Å². The number of methoxy groups -OCH3 is 1. The SMILES string of the molecule is CCS(=O)(=O)Nc1ccc2c(c1)CN(C(=O)OC)CC2. The van der Waals surface area contributed by atoms with Crippen molar-refractivity contribution in [2.45, 2.75) is 19.9 Å². The summed E-state index contributed by atoms with van der Waals surface area (Å²) in [5.74, 6) is 0.0262. The standard InChI is InChI=1S/C13H18N2O4S/c1-3-20(17,18)14-12-5-4-10-6-7-15(13(16)19-2)9-11(10)8-12/h4-5,8,14H,3,6-7,9H2,1-2H3. The Kier molecular flexibility index (Phi) is 4.17. The second-order valence-corrected chi connectivity index (χ2v) is 6.64. The molecule has 1 amide bonds. The van der Waals surface area contributed by atoms with Gasteiger partial charge in [-0.3, -0.25) is 4.72 Å². The summed E-state index contributed by atoms with van der Waals surface area (Å²) in [5, 5.41) is 0. The van der Waals surface area contributed by atoms with Gasteiger partial charge in [-0.05, 0) is 36.6 Å². The predicted molar refractivity (Wildman–Crippen MR) is 76.0 cm³/mol. The molecular formula is C13H18N2O4S. The van der Waals surface area contributed by atoms with Gasteiger partial charge in [0.25, 0.3) is 0 Å². The molecule has 0 spiro atoms. The van der Waals surface area contributed by atoms with Crippen LogP contribution in [0, 0.1) is 0 Å². The highest BCUT2D eigenvalue weighted by molar-refractivity contribution is 7.92. The van der Waals surface area contributed by atoms with Crippen molar-refractivity contribution >= 4 is 21.8 Å². The molecule has 0 unspecified atom stereocenters. The van der Waals surface area contributed by atoms with E-state index in [-0.39, 0.29) is 11.8 Å². The molecule has 1 aromatic rings. The number of hydrogen-bond acceptors (Lipinski definition) is 4. The largest absolute Gasteiger partial charge is 0.453 e. The maximum atomic E-state index is 11.6. The number of nitrogens with one attached hydrogen (secondary N) is 1. The molecule has 1 aliphatic rings. The predicted octanol–water partition coefficient (Wildman–Crippen LogP) is 1.57. The fraction of sp³-hybridized carbons (Fsp3) is 0.462. The lowest BCUT2D eigenvalue weighted by molar-refractivity contribution is 0.118. The molecule has 0 saturated carbocycles. The molecule has 0 atom stereocenters. The van der Waals surface area contributed by atoms with Crippen LogP contribution in [0.25, 0.3) is 0 Å². The quantitative estimate of drug-likeness (QED) is 0.919. The van der Waals surface area contributed by atoms with E-state index in [1.807, 2.05) is 6.07 Å². The molecule has 20 heavy (non-hydrogen) atoms. The molecule has 2 rings (SSSR count). The second kappa shape index (κ2) is 5.70. The number of nitrogens with zero attached hydrogens (tertiary/aromatic N) is 1. The number of hydrogen-bond donors (Lipinski definition) is 1. The first-order chi connectivity index (χ1) is 9.45. The van der Waals surface area contributed by atoms with Crippen LogP contribution in [0.2, 0.25) is 0 Å². The summed E-state index contributed by atoms with van der Waals surface area (Å²) in [7, 11) is -1.94. The number of benzene rings is 1. The van der Waals surface area contributed by atoms with Crippen molar-refractivity contribution in [3.05, 3.63) is 29.3 Å². The minimum absolute atomic E-state index is 0.0262. The number of sulfonamides is 1. The van der Waals surface area contributed by atoms with Crippen molar-refractivity contribution < 1.29 is 17.9 Å². The van der Waals surface area contributed by atoms with E-state index in [0.717, 1.165) is 17.5 Å². The third-order valence-corrected chi connectivity index (χ3v) is 4.61. The topological polar surface area (TPSA) is 75.7 Å². The maximum Gasteiger partial charge on any atom is 0.409 e. The third-order valence-electron chi connectivity index (χ3n) is 3.30. The van der Waals surface area contributed by atoms with Crippen LogP contribution in [0.5, 0.6) is 0 Å². The van der Waals surface area contributed by atoms with E-state index >= 15 is 0 Å². The average molecular weight is 298 g/mol. The molecule has 0 saturated heterocycles. The van der Waals surface area contributed by atoms with Gasteiger partial charge in [0, 0.05) is 18.8 Å². The number of carbonyl (C=O) groups excluding carboxylic acids is 1. The summed E-state index contributed by atoms with van der Waals surface area (Å²) in [5.41, 5.74) is 2.60. The Morgan fingerprint density at radius 1 is 1.40 bits per heavy atom. The Balaban J connectivity index is 2.21. The molecule has 1 N–H and O–H groups in total. The molecule has 1 heterocycles. The number of anilines is 1. The average Bonchev–Trinajstić information content (AvgIpc) is 2.45. The van der Waals surface area contributed by atoms with Crippen molar-refractivity contribution in [3.63, 3.8) is 0 Å². The van der Waals surface area contributed by atoms with Crippen molar-refractivity contribution in [3.8, 4) is 0 Å². The molecule has 6 nitrogen and oxygen atoms in total. The van der Waals surface area contributed by atoms with E-state index in [0.29, 0.717) is 18.8 Å². The lowest BCUT2D eigenvalue weighted by Crippen LogP contribution is -2.35. The van der Waals surface area contributed by atoms with Crippen LogP contribution in [-0.4, -0.2) is 38.8 Å². The van der Waals surface area contributed by atoms with Gasteiger partial charge < -0.3 is 9.64 Å². The summed E-state index contributed by atoms with van der Waals surface area (Å²) in [4.78, 5) is 13.1. The summed E-state index contributed by atoms with van der Waals surface area (Å²) >= 11 is 0. The van der Waals surface area contributed by atoms with Gasteiger partial charge in [0.05, 0.1) is 12.9 Å². The van der Waals surface area contributed by atoms with Gasteiger partial charge in [0.2, 0.25) is 10.0 Å². The Morgan fingerprint density at radius 2 is 2.15 bits per heavy atom. The summed E-state index contributed by atoms with van der Waals surface area (Å²) in [6, 6.07) is 5.43. The van der Waals surface area contributed by atoms with Gasteiger partial charge in [0.1, 0.15) is 0 Å². The van der Waals surface area contributed by atoms with E-state index in [1.165, 1.54) is 7.11 Å². The molecule has 110 valence electrons. The number of rotatable bonds is 3. The molecule has 1 aromatic carbocycles. The van der Waals surface area contributed by atoms with E-state index in [1.54, 1.807) is 24.0 Å². The fourth-order valence-corrected chi connectivity index (χ4v) is 2.79. The first-order valence-electron chi connectivity index (χ1n) is 6.40. The Hall–Kier alpha value is -1.76. The first kappa shape index (κ1) is 14.6. The Labute approximate surface area is 118 Å². The zero-order chi connectivity index (χ0) is 14.8. The van der Waals surface area contributed by atoms with Gasteiger partial charge in [-0.1, -0.05) is 6.07 Å². The van der Waals surface area contributed by atoms with Gasteiger partial charge in [-0.15, -0.1) is 0 Å². The molecule has 0 aliphatic carbocycles. The van der Waals surface area contributed by atoms with E-state index in [2.05, 4.69) is 4.72 Å². The molecule has 0 radical (unpaired) electrons. The highest BCUT2D eigenvalue weighted by Gasteiger charge is 2.21. The molecule has 7 heteroatoms.